The van der Waals surface area contributed by atoms with Gasteiger partial charge in [0, 0.05) is 21.0 Å². The van der Waals surface area contributed by atoms with E-state index in [2.05, 4.69) is 13.2 Å². The Labute approximate surface area is 86.0 Å². The molecule has 0 aromatic rings. The highest BCUT2D eigenvalue weighted by Crippen LogP contribution is 1.93. The Balaban J connectivity index is 3.57. The van der Waals surface area contributed by atoms with Crippen molar-refractivity contribution in [3.8, 4) is 0 Å². The maximum atomic E-state index is 10.9. The largest absolute Gasteiger partial charge is 0.459 e. The van der Waals surface area contributed by atoms with E-state index in [4.69, 9.17) is 9.47 Å². The third kappa shape index (κ3) is 5.31. The van der Waals surface area contributed by atoms with Crippen molar-refractivity contribution in [2.24, 2.45) is 0 Å². The van der Waals surface area contributed by atoms with Gasteiger partial charge in [0.05, 0.1) is 0 Å². The van der Waals surface area contributed by atoms with Crippen molar-refractivity contribution >= 4 is 22.2 Å². The summed E-state index contributed by atoms with van der Waals surface area (Å²) >= 11 is 0. The topological polar surface area (TPSA) is 52.6 Å². The Kier molecular flexibility index (Phi) is 5.55. The SMILES string of the molecule is C=C(C)C(=O)OCCOC(=O)C(=C)[SiH3]. The van der Waals surface area contributed by atoms with Crippen LogP contribution in [-0.2, 0) is 19.1 Å². The van der Waals surface area contributed by atoms with Crippen LogP contribution in [0, 0.1) is 0 Å². The van der Waals surface area contributed by atoms with Crippen molar-refractivity contribution in [3.05, 3.63) is 23.9 Å². The lowest BCUT2D eigenvalue weighted by Crippen LogP contribution is -2.15. The summed E-state index contributed by atoms with van der Waals surface area (Å²) in [4.78, 5) is 21.7. The molecule has 0 aliphatic rings. The number of ether oxygens (including phenoxy) is 2. The monoisotopic (exact) mass is 214 g/mol. The number of carbonyl (C=O) groups excluding carboxylic acids is 2. The number of hydrogen-bond donors (Lipinski definition) is 0. The van der Waals surface area contributed by atoms with Crippen LogP contribution in [0.3, 0.4) is 0 Å². The van der Waals surface area contributed by atoms with E-state index in [1.54, 1.807) is 6.92 Å². The van der Waals surface area contributed by atoms with Crippen molar-refractivity contribution in [1.82, 2.24) is 0 Å². The van der Waals surface area contributed by atoms with Gasteiger partial charge in [-0.2, -0.15) is 0 Å². The second kappa shape index (κ2) is 6.15. The lowest BCUT2D eigenvalue weighted by Gasteiger charge is -2.05. The number of esters is 2. The molecule has 0 aromatic carbocycles. The quantitative estimate of drug-likeness (QED) is 0.269. The first-order valence-electron chi connectivity index (χ1n) is 4.10. The summed E-state index contributed by atoms with van der Waals surface area (Å²) in [7, 11) is 0.574. The van der Waals surface area contributed by atoms with E-state index in [-0.39, 0.29) is 13.2 Å². The van der Waals surface area contributed by atoms with Gasteiger partial charge in [-0.3, -0.25) is 0 Å². The molecule has 0 saturated heterocycles. The summed E-state index contributed by atoms with van der Waals surface area (Å²) in [6, 6.07) is 0. The Morgan fingerprint density at radius 3 is 1.93 bits per heavy atom. The molecule has 0 radical (unpaired) electrons. The molecule has 5 heteroatoms. The van der Waals surface area contributed by atoms with Crippen LogP contribution in [0.4, 0.5) is 0 Å². The molecule has 0 unspecified atom stereocenters. The minimum Gasteiger partial charge on any atom is -0.459 e. The van der Waals surface area contributed by atoms with Crippen molar-refractivity contribution < 1.29 is 19.1 Å². The molecular formula is C9H14O4Si. The highest BCUT2D eigenvalue weighted by atomic mass is 28.1. The fraction of sp³-hybridized carbons (Fsp3) is 0.333. The van der Waals surface area contributed by atoms with Crippen LogP contribution < -0.4 is 0 Å². The molecular weight excluding hydrogens is 200 g/mol. The third-order valence-corrected chi connectivity index (χ3v) is 1.65. The van der Waals surface area contributed by atoms with E-state index in [0.29, 0.717) is 21.0 Å². The van der Waals surface area contributed by atoms with Crippen LogP contribution in [0.5, 0.6) is 0 Å². The highest BCUT2D eigenvalue weighted by Gasteiger charge is 2.05. The predicted octanol–water partition coefficient (Wildman–Crippen LogP) is -0.472. The normalized spacial score (nSPS) is 9.21. The van der Waals surface area contributed by atoms with Gasteiger partial charge >= 0.3 is 11.9 Å². The second-order valence-electron chi connectivity index (χ2n) is 2.83. The summed E-state index contributed by atoms with van der Waals surface area (Å²) in [5.41, 5.74) is 0.323. The first-order chi connectivity index (χ1) is 6.45. The van der Waals surface area contributed by atoms with Crippen molar-refractivity contribution in [2.45, 2.75) is 6.92 Å². The summed E-state index contributed by atoms with van der Waals surface area (Å²) in [5.74, 6) is -0.909. The lowest BCUT2D eigenvalue weighted by atomic mass is 10.4. The van der Waals surface area contributed by atoms with Crippen molar-refractivity contribution in [1.29, 1.82) is 0 Å². The zero-order chi connectivity index (χ0) is 11.1. The first kappa shape index (κ1) is 12.6. The first-order valence-corrected chi connectivity index (χ1v) is 5.10. The molecule has 0 aliphatic heterocycles. The van der Waals surface area contributed by atoms with E-state index >= 15 is 0 Å². The average molecular weight is 214 g/mol. The lowest BCUT2D eigenvalue weighted by molar-refractivity contribution is -0.146. The molecule has 0 bridgehead atoms. The van der Waals surface area contributed by atoms with Crippen LogP contribution in [-0.4, -0.2) is 35.4 Å². The number of hydrogen-bond acceptors (Lipinski definition) is 4. The van der Waals surface area contributed by atoms with Gasteiger partial charge in [-0.1, -0.05) is 13.2 Å². The Bertz CT molecular complexity index is 242. The molecule has 4 nitrogen and oxygen atoms in total. The second-order valence-corrected chi connectivity index (χ2v) is 4.04. The summed E-state index contributed by atoms with van der Waals surface area (Å²) in [6.07, 6.45) is 0. The van der Waals surface area contributed by atoms with Crippen LogP contribution in [0.25, 0.3) is 0 Å². The molecule has 0 fully saturated rings. The molecule has 0 aliphatic carbocycles. The maximum Gasteiger partial charge on any atom is 0.333 e. The number of carbonyl (C=O) groups is 2. The van der Waals surface area contributed by atoms with Gasteiger partial charge in [0.1, 0.15) is 13.2 Å². The van der Waals surface area contributed by atoms with E-state index in [0.717, 1.165) is 0 Å². The van der Waals surface area contributed by atoms with Gasteiger partial charge in [0.15, 0.2) is 0 Å². The van der Waals surface area contributed by atoms with E-state index in [1.807, 2.05) is 0 Å². The minimum absolute atomic E-state index is 0.0479. The maximum absolute atomic E-state index is 10.9. The predicted molar refractivity (Wildman–Crippen MR) is 55.8 cm³/mol. The average Bonchev–Trinajstić information content (AvgIpc) is 2.11. The highest BCUT2D eigenvalue weighted by molar-refractivity contribution is 6.34. The number of rotatable bonds is 5. The van der Waals surface area contributed by atoms with Crippen LogP contribution in [0.15, 0.2) is 23.9 Å². The zero-order valence-corrected chi connectivity index (χ0v) is 10.5. The Hall–Kier alpha value is -1.36. The van der Waals surface area contributed by atoms with E-state index < -0.39 is 11.9 Å². The van der Waals surface area contributed by atoms with Gasteiger partial charge in [-0.25, -0.2) is 9.59 Å². The van der Waals surface area contributed by atoms with Gasteiger partial charge in [-0.05, 0) is 6.92 Å². The van der Waals surface area contributed by atoms with Gasteiger partial charge in [0.2, 0.25) is 0 Å². The van der Waals surface area contributed by atoms with E-state index in [9.17, 15) is 9.59 Å². The molecule has 0 rings (SSSR count). The van der Waals surface area contributed by atoms with Crippen LogP contribution in [0.2, 0.25) is 0 Å². The Morgan fingerprint density at radius 1 is 1.14 bits per heavy atom. The molecule has 14 heavy (non-hydrogen) atoms. The van der Waals surface area contributed by atoms with Gasteiger partial charge in [-0.15, -0.1) is 0 Å². The fourth-order valence-electron chi connectivity index (χ4n) is 0.515. The minimum atomic E-state index is -0.481. The Morgan fingerprint density at radius 2 is 1.57 bits per heavy atom. The summed E-state index contributed by atoms with van der Waals surface area (Å²) in [6.45, 7) is 8.52. The van der Waals surface area contributed by atoms with Crippen LogP contribution >= 0.6 is 0 Å². The molecule has 0 spiro atoms. The summed E-state index contributed by atoms with van der Waals surface area (Å²) in [5, 5.41) is 0.455. The molecule has 0 N–H and O–H groups in total. The molecule has 78 valence electrons. The van der Waals surface area contributed by atoms with Gasteiger partial charge in [0.25, 0.3) is 0 Å². The zero-order valence-electron chi connectivity index (χ0n) is 8.46. The molecule has 0 amide bonds. The molecule has 0 atom stereocenters. The molecule has 0 aromatic heterocycles. The van der Waals surface area contributed by atoms with Crippen molar-refractivity contribution in [3.63, 3.8) is 0 Å². The van der Waals surface area contributed by atoms with E-state index in [1.165, 1.54) is 0 Å². The van der Waals surface area contributed by atoms with Crippen LogP contribution in [0.1, 0.15) is 6.92 Å². The smallest absolute Gasteiger partial charge is 0.333 e. The molecule has 0 heterocycles. The summed E-state index contributed by atoms with van der Waals surface area (Å²) < 4.78 is 9.42. The molecule has 0 saturated carbocycles. The third-order valence-electron chi connectivity index (χ3n) is 1.25. The fourth-order valence-corrected chi connectivity index (χ4v) is 0.659. The van der Waals surface area contributed by atoms with Crippen molar-refractivity contribution in [2.75, 3.05) is 13.2 Å². The standard InChI is InChI=1S/C9H14O4Si/c1-6(2)8(10)12-4-5-13-9(11)7(3)14/h1,3-5H2,2,14H3. The van der Waals surface area contributed by atoms with Gasteiger partial charge < -0.3 is 9.47 Å².